The normalized spacial score (nSPS) is 12.2. The standard InChI is InChI=1S/C24H27N2.3C22H23N2.C21H21N2/c1-14(2)18-8-7-9-19-21(18)12-22-23(19)25-13-26(6)24(22)20-11-15(3)10-16(4)17(20)5;1-13-6-7-18-17(9-13)11-20-21(18)23-12-24(5)22(20)19-10-14(2)8-15(3)16(19)4;1-13-6-7-17-11-20-21(19(17)9-13)23-12-24(5)22(20)18-10-14(2)8-15(3)16(18)4;1-13-9-15(3)16(4)18(10-13)22-19-11-17-8-6-7-14(2)20(17)21(19)23-12-24(22)5;1-13-8-9-15(3)18(10-13)21-19-11-17-14(2)6-5-7-16(17)20(19)22-12-23(21)4/h7-11,13-14H,12H2,1-6H3;3*6-10,12H,11H2,1-5H3;5-10,12H,11H2,1-4H3/q5*+1. The molecule has 0 amide bonds. The molecule has 0 spiro atoms. The summed E-state index contributed by atoms with van der Waals surface area (Å²) in [6.45, 7) is 44.0. The molecule has 0 aliphatic heterocycles. The summed E-state index contributed by atoms with van der Waals surface area (Å²) in [6, 6.07) is 58.2. The van der Waals surface area contributed by atoms with E-state index in [2.05, 4.69) is 354 Å². The number of aryl methyl sites for hydroxylation is 19. The van der Waals surface area contributed by atoms with Crippen LogP contribution in [0.5, 0.6) is 0 Å². The lowest BCUT2D eigenvalue weighted by molar-refractivity contribution is -0.663. The third-order valence-corrected chi connectivity index (χ3v) is 26.5. The van der Waals surface area contributed by atoms with Gasteiger partial charge >= 0.3 is 0 Å². The van der Waals surface area contributed by atoms with Gasteiger partial charge in [-0.2, -0.15) is 0 Å². The molecule has 606 valence electrons. The van der Waals surface area contributed by atoms with Gasteiger partial charge in [-0.05, 0) is 293 Å². The van der Waals surface area contributed by atoms with Gasteiger partial charge in [0.1, 0.15) is 28.5 Å². The highest BCUT2D eigenvalue weighted by Crippen LogP contribution is 2.48. The fourth-order valence-corrected chi connectivity index (χ4v) is 19.9. The van der Waals surface area contributed by atoms with Crippen LogP contribution in [0.1, 0.15) is 181 Å². The van der Waals surface area contributed by atoms with Crippen molar-refractivity contribution in [2.24, 2.45) is 35.2 Å². The Hall–Kier alpha value is -12.4. The average molecular weight is 1590 g/mol. The Bertz CT molecular complexity index is 6810. The molecule has 0 fully saturated rings. The second-order valence-electron chi connectivity index (χ2n) is 35.9. The van der Waals surface area contributed by atoms with Gasteiger partial charge in [0.15, 0.2) is 28.5 Å². The molecule has 10 heteroatoms. The minimum absolute atomic E-state index is 0.527. The number of aromatic nitrogens is 10. The zero-order chi connectivity index (χ0) is 85.7. The topological polar surface area (TPSA) is 83.8 Å². The Morgan fingerprint density at radius 2 is 0.570 bits per heavy atom. The molecule has 121 heavy (non-hydrogen) atoms. The summed E-state index contributed by atoms with van der Waals surface area (Å²) >= 11 is 0. The molecule has 0 saturated carbocycles. The molecular weight excluding hydrogens is 1470 g/mol. The molecule has 0 unspecified atom stereocenters. The van der Waals surface area contributed by atoms with E-state index in [1.54, 1.807) is 0 Å². The molecule has 0 atom stereocenters. The zero-order valence-corrected chi connectivity index (χ0v) is 76.0. The van der Waals surface area contributed by atoms with Crippen molar-refractivity contribution in [3.8, 4) is 113 Å². The predicted octanol–water partition coefficient (Wildman–Crippen LogP) is 22.4. The van der Waals surface area contributed by atoms with E-state index in [4.69, 9.17) is 24.9 Å². The van der Waals surface area contributed by atoms with Crippen LogP contribution >= 0.6 is 0 Å². The van der Waals surface area contributed by atoms with Crippen LogP contribution in [0.25, 0.3) is 113 Å². The lowest BCUT2D eigenvalue weighted by Gasteiger charge is -2.13. The van der Waals surface area contributed by atoms with Gasteiger partial charge in [0, 0.05) is 87.7 Å². The Labute approximate surface area is 718 Å². The fourth-order valence-electron chi connectivity index (χ4n) is 19.9. The molecule has 0 bridgehead atoms. The molecule has 5 heterocycles. The van der Waals surface area contributed by atoms with Crippen LogP contribution in [0.2, 0.25) is 0 Å². The first kappa shape index (κ1) is 82.3. The van der Waals surface area contributed by atoms with Crippen LogP contribution in [-0.4, -0.2) is 24.9 Å². The van der Waals surface area contributed by atoms with Gasteiger partial charge < -0.3 is 0 Å². The predicted molar refractivity (Wildman–Crippen MR) is 495 cm³/mol. The van der Waals surface area contributed by atoms with E-state index < -0.39 is 0 Å². The van der Waals surface area contributed by atoms with Crippen molar-refractivity contribution in [1.82, 2.24) is 24.9 Å². The summed E-state index contributed by atoms with van der Waals surface area (Å²) in [5, 5.41) is 0. The van der Waals surface area contributed by atoms with E-state index in [0.29, 0.717) is 5.92 Å². The maximum absolute atomic E-state index is 4.82. The lowest BCUT2D eigenvalue weighted by Crippen LogP contribution is -2.33. The van der Waals surface area contributed by atoms with Crippen molar-refractivity contribution in [3.63, 3.8) is 0 Å². The van der Waals surface area contributed by atoms with Gasteiger partial charge in [-0.15, -0.1) is 0 Å². The number of hydrogen-bond donors (Lipinski definition) is 0. The van der Waals surface area contributed by atoms with Crippen LogP contribution < -0.4 is 22.8 Å². The van der Waals surface area contributed by atoms with Crippen LogP contribution in [0.3, 0.4) is 0 Å². The lowest BCUT2D eigenvalue weighted by atomic mass is 9.93. The minimum Gasteiger partial charge on any atom is -0.232 e. The third kappa shape index (κ3) is 15.1. The van der Waals surface area contributed by atoms with Crippen molar-refractivity contribution in [1.29, 1.82) is 0 Å². The minimum atomic E-state index is 0.527. The van der Waals surface area contributed by atoms with E-state index in [1.165, 1.54) is 245 Å². The van der Waals surface area contributed by atoms with E-state index >= 15 is 0 Å². The molecular formula is C111H117N10+5. The highest BCUT2D eigenvalue weighted by Gasteiger charge is 2.38. The van der Waals surface area contributed by atoms with Gasteiger partial charge in [-0.1, -0.05) is 168 Å². The quantitative estimate of drug-likeness (QED) is 0.155. The molecule has 0 saturated heterocycles. The number of fused-ring (bicyclic) bond motifs is 15. The van der Waals surface area contributed by atoms with Crippen molar-refractivity contribution in [2.75, 3.05) is 0 Å². The van der Waals surface area contributed by atoms with E-state index in [1.807, 2.05) is 31.6 Å². The van der Waals surface area contributed by atoms with Gasteiger partial charge in [0.25, 0.3) is 31.6 Å². The van der Waals surface area contributed by atoms with Gasteiger partial charge in [-0.25, -0.2) is 22.8 Å². The highest BCUT2D eigenvalue weighted by atomic mass is 15.0. The zero-order valence-electron chi connectivity index (χ0n) is 76.0. The second kappa shape index (κ2) is 32.6. The Morgan fingerprint density at radius 1 is 0.231 bits per heavy atom. The third-order valence-electron chi connectivity index (χ3n) is 26.5. The average Bonchev–Trinajstić information content (AvgIpc) is 1.64. The van der Waals surface area contributed by atoms with E-state index in [0.717, 1.165) is 60.6 Å². The highest BCUT2D eigenvalue weighted by molar-refractivity contribution is 5.87. The fraction of sp³-hybridized carbons (Fsp3) is 0.279. The van der Waals surface area contributed by atoms with Crippen LogP contribution in [0, 0.1) is 125 Å². The van der Waals surface area contributed by atoms with E-state index in [-0.39, 0.29) is 0 Å². The van der Waals surface area contributed by atoms with E-state index in [9.17, 15) is 0 Å². The molecule has 0 radical (unpaired) electrons. The van der Waals surface area contributed by atoms with Crippen LogP contribution in [0.15, 0.2) is 189 Å². The summed E-state index contributed by atoms with van der Waals surface area (Å²) in [5.41, 5.74) is 64.7. The summed E-state index contributed by atoms with van der Waals surface area (Å²) in [6.07, 6.45) is 14.7. The first-order valence-corrected chi connectivity index (χ1v) is 43.1. The maximum Gasteiger partial charge on any atom is 0.287 e. The smallest absolute Gasteiger partial charge is 0.232 e. The molecule has 15 aromatic rings. The number of hydrogen-bond acceptors (Lipinski definition) is 5. The van der Waals surface area contributed by atoms with Gasteiger partial charge in [0.05, 0.1) is 63.1 Å². The monoisotopic (exact) mass is 1590 g/mol. The molecule has 5 aliphatic rings. The van der Waals surface area contributed by atoms with Gasteiger partial charge in [0.2, 0.25) is 0 Å². The number of rotatable bonds is 6. The summed E-state index contributed by atoms with van der Waals surface area (Å²) < 4.78 is 10.9. The summed E-state index contributed by atoms with van der Waals surface area (Å²) in [5.74, 6) is 0.527. The Balaban J connectivity index is 0.000000112. The molecule has 10 nitrogen and oxygen atoms in total. The molecule has 5 aliphatic carbocycles. The first-order valence-electron chi connectivity index (χ1n) is 43.1. The maximum atomic E-state index is 4.82. The molecule has 5 aromatic heterocycles. The largest absolute Gasteiger partial charge is 0.287 e. The number of benzene rings is 10. The molecule has 0 N–H and O–H groups in total. The summed E-state index contributed by atoms with van der Waals surface area (Å²) in [7, 11) is 10.5. The van der Waals surface area contributed by atoms with Crippen molar-refractivity contribution >= 4 is 0 Å². The van der Waals surface area contributed by atoms with Gasteiger partial charge in [-0.3, -0.25) is 0 Å². The number of nitrogens with zero attached hydrogens (tertiary/aromatic N) is 10. The van der Waals surface area contributed by atoms with Crippen molar-refractivity contribution < 1.29 is 22.8 Å². The van der Waals surface area contributed by atoms with Crippen LogP contribution in [-0.2, 0) is 67.3 Å². The second-order valence-corrected chi connectivity index (χ2v) is 35.9. The molecule has 10 aromatic carbocycles. The SMILES string of the molecule is Cc1cc(C)c(C)c(-c2c3c(nc[n+]2C)-c2c(C)cccc2C3)c1.Cc1cc(C)c(C)c(-c2c3c(nc[n+]2C)-c2cccc(C(C)C)c2C3)c1.Cc1ccc(C)c(-c2c3c(nc[n+]2C)-c2cccc(C)c2C3)c1.Cc1ccc2c(c1)-c1nc[n+](C)c(-c3cc(C)cc(C)c3C)c1C2.Cc1ccc2c(c1)Cc1c-2nc[n+](C)c1-c1cc(C)cc(C)c1C. The van der Waals surface area contributed by atoms with Crippen LogP contribution in [0.4, 0.5) is 0 Å². The first-order chi connectivity index (χ1) is 57.8. The van der Waals surface area contributed by atoms with Crippen molar-refractivity contribution in [2.45, 2.75) is 176 Å². The van der Waals surface area contributed by atoms with Crippen molar-refractivity contribution in [3.05, 3.63) is 351 Å². The Morgan fingerprint density at radius 3 is 1.05 bits per heavy atom. The summed E-state index contributed by atoms with van der Waals surface area (Å²) in [4.78, 5) is 23.9. The Kier molecular flexibility index (Phi) is 22.2. The molecule has 20 rings (SSSR count).